The minimum absolute atomic E-state index is 0.241. The molecule has 0 aliphatic heterocycles. The van der Waals surface area contributed by atoms with Crippen molar-refractivity contribution in [2.75, 3.05) is 0 Å². The van der Waals surface area contributed by atoms with E-state index in [1.807, 2.05) is 0 Å². The van der Waals surface area contributed by atoms with Gasteiger partial charge in [0, 0.05) is 12.1 Å². The van der Waals surface area contributed by atoms with Crippen LogP contribution in [-0.4, -0.2) is 11.0 Å². The van der Waals surface area contributed by atoms with Gasteiger partial charge in [0.05, 0.1) is 4.92 Å². The molecule has 0 radical (unpaired) electrons. The summed E-state index contributed by atoms with van der Waals surface area (Å²) in [5.74, 6) is -0.667. The van der Waals surface area contributed by atoms with Gasteiger partial charge in [-0.15, -0.1) is 0 Å². The molecule has 0 aromatic heterocycles. The van der Waals surface area contributed by atoms with Crippen molar-refractivity contribution in [2.24, 2.45) is 0 Å². The molecule has 1 atom stereocenters. The Hall–Kier alpha value is -1.91. The van der Waals surface area contributed by atoms with E-state index in [1.165, 1.54) is 6.07 Å². The molecule has 0 spiro atoms. The summed E-state index contributed by atoms with van der Waals surface area (Å²) in [4.78, 5) is 9.54. The molecule has 0 saturated heterocycles. The Bertz CT molecular complexity index is 392. The molecule has 15 heavy (non-hydrogen) atoms. The number of hydrogen-bond acceptors (Lipinski definition) is 3. The van der Waals surface area contributed by atoms with Crippen LogP contribution in [0.25, 0.3) is 0 Å². The fourth-order valence-corrected chi connectivity index (χ4v) is 0.972. The van der Waals surface area contributed by atoms with Crippen LogP contribution in [-0.2, 0) is 0 Å². The predicted molar refractivity (Wildman–Crippen MR) is 53.3 cm³/mol. The zero-order valence-electron chi connectivity index (χ0n) is 8.14. The van der Waals surface area contributed by atoms with Gasteiger partial charge in [-0.1, -0.05) is 12.7 Å². The van der Waals surface area contributed by atoms with Crippen LogP contribution in [0.4, 0.5) is 10.1 Å². The summed E-state index contributed by atoms with van der Waals surface area (Å²) in [5, 5.41) is 10.3. The second-order valence-corrected chi connectivity index (χ2v) is 2.93. The average Bonchev–Trinajstić information content (AvgIpc) is 2.17. The van der Waals surface area contributed by atoms with E-state index in [1.54, 1.807) is 13.0 Å². The van der Waals surface area contributed by atoms with Crippen molar-refractivity contribution in [1.29, 1.82) is 0 Å². The zero-order chi connectivity index (χ0) is 11.4. The van der Waals surface area contributed by atoms with Crippen LogP contribution in [0.3, 0.4) is 0 Å². The van der Waals surface area contributed by atoms with E-state index in [-0.39, 0.29) is 11.9 Å². The van der Waals surface area contributed by atoms with E-state index in [9.17, 15) is 14.5 Å². The average molecular weight is 211 g/mol. The summed E-state index contributed by atoms with van der Waals surface area (Å²) in [6.45, 7) is 5.23. The number of nitro benzene ring substituents is 1. The first kappa shape index (κ1) is 11.2. The zero-order valence-corrected chi connectivity index (χ0v) is 8.14. The van der Waals surface area contributed by atoms with E-state index >= 15 is 0 Å². The Morgan fingerprint density at radius 3 is 2.80 bits per heavy atom. The first-order valence-corrected chi connectivity index (χ1v) is 4.27. The highest BCUT2D eigenvalue weighted by molar-refractivity contribution is 5.38. The van der Waals surface area contributed by atoms with Crippen molar-refractivity contribution in [3.05, 3.63) is 46.8 Å². The summed E-state index contributed by atoms with van der Waals surface area (Å²) in [6, 6.07) is 3.40. The second-order valence-electron chi connectivity index (χ2n) is 2.93. The predicted octanol–water partition coefficient (Wildman–Crippen LogP) is 2.69. The molecule has 0 bridgehead atoms. The molecule has 0 aliphatic rings. The number of hydrogen-bond donors (Lipinski definition) is 0. The number of rotatable bonds is 4. The molecule has 0 heterocycles. The minimum atomic E-state index is -0.909. The van der Waals surface area contributed by atoms with Gasteiger partial charge in [-0.05, 0) is 13.0 Å². The summed E-state index contributed by atoms with van der Waals surface area (Å²) >= 11 is 0. The van der Waals surface area contributed by atoms with Crippen LogP contribution in [0.15, 0.2) is 30.9 Å². The van der Waals surface area contributed by atoms with Gasteiger partial charge in [0.1, 0.15) is 11.9 Å². The van der Waals surface area contributed by atoms with Gasteiger partial charge in [0.15, 0.2) is 0 Å². The van der Waals surface area contributed by atoms with Crippen molar-refractivity contribution in [3.63, 3.8) is 0 Å². The molecular formula is C10H10FNO3. The largest absolute Gasteiger partial charge is 0.487 e. The van der Waals surface area contributed by atoms with Crippen molar-refractivity contribution in [2.45, 2.75) is 13.0 Å². The normalized spacial score (nSPS) is 11.9. The highest BCUT2D eigenvalue weighted by Crippen LogP contribution is 2.22. The molecule has 5 heteroatoms. The third-order valence-corrected chi connectivity index (χ3v) is 1.77. The van der Waals surface area contributed by atoms with E-state index in [2.05, 4.69) is 6.58 Å². The molecule has 0 aliphatic carbocycles. The number of nitrogens with zero attached hydrogens (tertiary/aromatic N) is 1. The molecule has 4 nitrogen and oxygen atoms in total. The molecule has 1 rings (SSSR count). The van der Waals surface area contributed by atoms with Crippen LogP contribution in [0.2, 0.25) is 0 Å². The van der Waals surface area contributed by atoms with Gasteiger partial charge in [0.25, 0.3) is 0 Å². The van der Waals surface area contributed by atoms with Gasteiger partial charge in [-0.3, -0.25) is 10.1 Å². The standard InChI is InChI=1S/C10H10FNO3/c1-3-7(2)15-8-4-5-10(12(13)14)9(11)6-8/h3-7H,1H2,2H3. The third-order valence-electron chi connectivity index (χ3n) is 1.77. The molecule has 0 N–H and O–H groups in total. The number of ether oxygens (including phenoxy) is 1. The Morgan fingerprint density at radius 1 is 1.67 bits per heavy atom. The van der Waals surface area contributed by atoms with E-state index in [0.29, 0.717) is 0 Å². The fraction of sp³-hybridized carbons (Fsp3) is 0.200. The van der Waals surface area contributed by atoms with Gasteiger partial charge < -0.3 is 4.74 Å². The quantitative estimate of drug-likeness (QED) is 0.437. The number of halogens is 1. The molecule has 1 aromatic rings. The molecule has 80 valence electrons. The topological polar surface area (TPSA) is 52.4 Å². The molecule has 0 amide bonds. The lowest BCUT2D eigenvalue weighted by Crippen LogP contribution is -2.07. The highest BCUT2D eigenvalue weighted by atomic mass is 19.1. The summed E-state index contributed by atoms with van der Waals surface area (Å²) in [6.07, 6.45) is 1.27. The Labute approximate surface area is 86.1 Å². The van der Waals surface area contributed by atoms with Gasteiger partial charge >= 0.3 is 5.69 Å². The van der Waals surface area contributed by atoms with Crippen LogP contribution >= 0.6 is 0 Å². The highest BCUT2D eigenvalue weighted by Gasteiger charge is 2.14. The molecule has 1 aromatic carbocycles. The first-order chi connectivity index (χ1) is 7.04. The van der Waals surface area contributed by atoms with E-state index in [4.69, 9.17) is 4.74 Å². The Kier molecular flexibility index (Phi) is 3.38. The second kappa shape index (κ2) is 4.54. The van der Waals surface area contributed by atoms with Crippen molar-refractivity contribution < 1.29 is 14.1 Å². The minimum Gasteiger partial charge on any atom is -0.487 e. The summed E-state index contributed by atoms with van der Waals surface area (Å²) < 4.78 is 18.3. The van der Waals surface area contributed by atoms with Crippen LogP contribution in [0, 0.1) is 15.9 Å². The SMILES string of the molecule is C=CC(C)Oc1ccc([N+](=O)[O-])c(F)c1. The molecule has 1 unspecified atom stereocenters. The molecular weight excluding hydrogens is 201 g/mol. The maximum absolute atomic E-state index is 13.1. The first-order valence-electron chi connectivity index (χ1n) is 4.27. The van der Waals surface area contributed by atoms with Crippen molar-refractivity contribution in [1.82, 2.24) is 0 Å². The third kappa shape index (κ3) is 2.77. The molecule has 0 saturated carbocycles. The molecule has 0 fully saturated rings. The smallest absolute Gasteiger partial charge is 0.305 e. The number of nitro groups is 1. The lowest BCUT2D eigenvalue weighted by molar-refractivity contribution is -0.387. The van der Waals surface area contributed by atoms with Crippen LogP contribution < -0.4 is 4.74 Å². The summed E-state index contributed by atoms with van der Waals surface area (Å²) in [7, 11) is 0. The maximum Gasteiger partial charge on any atom is 0.305 e. The Morgan fingerprint density at radius 2 is 2.33 bits per heavy atom. The van der Waals surface area contributed by atoms with E-state index in [0.717, 1.165) is 12.1 Å². The van der Waals surface area contributed by atoms with Gasteiger partial charge in [-0.2, -0.15) is 4.39 Å². The summed E-state index contributed by atoms with van der Waals surface area (Å²) in [5.41, 5.74) is -0.561. The van der Waals surface area contributed by atoms with Crippen molar-refractivity contribution >= 4 is 5.69 Å². The lowest BCUT2D eigenvalue weighted by atomic mass is 10.3. The van der Waals surface area contributed by atoms with Crippen LogP contribution in [0.1, 0.15) is 6.92 Å². The van der Waals surface area contributed by atoms with Crippen LogP contribution in [0.5, 0.6) is 5.75 Å². The maximum atomic E-state index is 13.1. The Balaban J connectivity index is 2.91. The van der Waals surface area contributed by atoms with Crippen molar-refractivity contribution in [3.8, 4) is 5.75 Å². The van der Waals surface area contributed by atoms with Gasteiger partial charge in [-0.25, -0.2) is 0 Å². The van der Waals surface area contributed by atoms with Gasteiger partial charge in [0.2, 0.25) is 5.82 Å². The lowest BCUT2D eigenvalue weighted by Gasteiger charge is -2.09. The monoisotopic (exact) mass is 211 g/mol. The van der Waals surface area contributed by atoms with E-state index < -0.39 is 16.4 Å². The number of benzene rings is 1. The fourth-order valence-electron chi connectivity index (χ4n) is 0.972.